The number of nitriles is 3. The van der Waals surface area contributed by atoms with Gasteiger partial charge in [0.25, 0.3) is 0 Å². The van der Waals surface area contributed by atoms with Gasteiger partial charge in [0.1, 0.15) is 32.6 Å². The third-order valence-corrected chi connectivity index (χ3v) is 20.3. The fraction of sp³-hybridized carbons (Fsp3) is 0.0638. The van der Waals surface area contributed by atoms with Gasteiger partial charge in [0, 0.05) is 131 Å². The van der Waals surface area contributed by atoms with E-state index in [1.807, 2.05) is 162 Å². The Kier molecular flexibility index (Phi) is 21.7. The van der Waals surface area contributed by atoms with Crippen LogP contribution in [-0.2, 0) is 21.1 Å². The van der Waals surface area contributed by atoms with Crippen molar-refractivity contribution in [3.63, 3.8) is 0 Å². The van der Waals surface area contributed by atoms with Crippen LogP contribution < -0.4 is 95.1 Å². The number of fused-ring (bicyclic) bond motifs is 16. The van der Waals surface area contributed by atoms with Crippen LogP contribution in [0.25, 0.3) is 182 Å². The molecule has 113 heavy (non-hydrogen) atoms. The van der Waals surface area contributed by atoms with Gasteiger partial charge in [-0.25, -0.2) is 33.6 Å². The fourth-order valence-electron chi connectivity index (χ4n) is 14.9. The number of aromatic amines is 4. The van der Waals surface area contributed by atoms with Crippen molar-refractivity contribution in [2.45, 2.75) is 6.42 Å². The van der Waals surface area contributed by atoms with Crippen molar-refractivity contribution >= 4 is 92.7 Å². The lowest BCUT2D eigenvalue weighted by molar-refractivity contribution is -0.671. The molecule has 14 aromatic rings. The van der Waals surface area contributed by atoms with Gasteiger partial charge in [-0.15, -0.1) is 0 Å². The molecule has 0 amide bonds. The summed E-state index contributed by atoms with van der Waals surface area (Å²) in [7, 11) is 6.08. The summed E-state index contributed by atoms with van der Waals surface area (Å²) in [5, 5.41) is 29.5. The number of hydrogen-bond donors (Lipinski definition) is 4. The maximum atomic E-state index is 9.87. The molecule has 0 unspecified atom stereocenters. The minimum absolute atomic E-state index is 0. The molecule has 546 valence electrons. The van der Waals surface area contributed by atoms with Crippen LogP contribution in [0.4, 0.5) is 0 Å². The van der Waals surface area contributed by atoms with Gasteiger partial charge >= 0.3 is 0 Å². The van der Waals surface area contributed by atoms with Crippen LogP contribution in [0.15, 0.2) is 243 Å². The second-order valence-electron chi connectivity index (χ2n) is 27.4. The van der Waals surface area contributed by atoms with E-state index in [0.29, 0.717) is 53.5 Å². The quantitative estimate of drug-likeness (QED) is 0.0462. The van der Waals surface area contributed by atoms with Crippen LogP contribution >= 0.6 is 0 Å². The van der Waals surface area contributed by atoms with Gasteiger partial charge in [-0.1, -0.05) is 60.7 Å². The van der Waals surface area contributed by atoms with Crippen LogP contribution in [0.5, 0.6) is 11.5 Å². The number of aromatic nitrogens is 11. The number of halogens is 3. The van der Waals surface area contributed by atoms with E-state index in [1.54, 1.807) is 0 Å². The number of benzene rings is 5. The molecule has 5 aromatic carbocycles. The van der Waals surface area contributed by atoms with Crippen LogP contribution in [0.2, 0.25) is 0 Å². The molecule has 18 rings (SSSR count). The van der Waals surface area contributed by atoms with Crippen molar-refractivity contribution in [2.75, 3.05) is 13.2 Å². The van der Waals surface area contributed by atoms with E-state index in [2.05, 4.69) is 203 Å². The van der Waals surface area contributed by atoms with Crippen molar-refractivity contribution in [2.24, 2.45) is 21.1 Å². The van der Waals surface area contributed by atoms with Crippen LogP contribution in [0.3, 0.4) is 0 Å². The van der Waals surface area contributed by atoms with Crippen LogP contribution in [-0.4, -0.2) is 53.1 Å². The predicted molar refractivity (Wildman–Crippen MR) is 434 cm³/mol. The second-order valence-corrected chi connectivity index (χ2v) is 27.4. The number of H-pyrrole nitrogens is 4. The number of aryl methyl sites for hydroxylation is 3. The molecule has 16 nitrogen and oxygen atoms in total. The van der Waals surface area contributed by atoms with Gasteiger partial charge in [0.05, 0.1) is 93.7 Å². The third kappa shape index (κ3) is 15.0. The summed E-state index contributed by atoms with van der Waals surface area (Å²) in [4.78, 5) is 37.2. The Hall–Kier alpha value is -13.0. The van der Waals surface area contributed by atoms with Crippen molar-refractivity contribution < 1.29 is 95.1 Å². The highest BCUT2D eigenvalue weighted by Crippen LogP contribution is 2.42. The zero-order valence-corrected chi connectivity index (χ0v) is 67.7. The average Bonchev–Trinajstić information content (AvgIpc) is 1.62. The standard InChI is InChI=1S/C94H65N14O2.3HI/c1-106-47-41-66(42-48-106)92-81-35-33-79(102-81)91(80-34-36-82(103-80)93(67-43-49-107(2)50-44-67)84-38-40-86(105-84)94(85-39-37-83(92)104-85)68-45-51-108(3)52-46-68)65-19-23-70(24-20-65)110-54-4-53-109-69-21-17-64(18-22-69)90-77-31-29-75(100-77)88(62-13-7-59(56-96)8-14-62)73-27-25-71(98-73)87(61-11-5-58(55-95)6-12-61)72-26-28-74(99-72)89(76-30-32-78(90)101-76)63-15-9-60(57-97)10-16-63;;;/h5-52H,4,53-54H2,1-3H3,(H2,102,103,104,105);3*1H/q+1;;;/p-1. The molecule has 13 heterocycles. The summed E-state index contributed by atoms with van der Waals surface area (Å²) < 4.78 is 19.0. The monoisotopic (exact) mass is 1800 g/mol. The van der Waals surface area contributed by atoms with Crippen LogP contribution in [0, 0.1) is 34.0 Å². The van der Waals surface area contributed by atoms with Crippen molar-refractivity contribution in [3.05, 3.63) is 306 Å². The van der Waals surface area contributed by atoms with Crippen molar-refractivity contribution in [1.29, 1.82) is 15.8 Å². The molecule has 0 atom stereocenters. The molecule has 19 heteroatoms. The maximum absolute atomic E-state index is 9.87. The molecule has 16 bridgehead atoms. The molecular weight excluding hydrogens is 1740 g/mol. The normalized spacial score (nSPS) is 11.6. The van der Waals surface area contributed by atoms with E-state index in [4.69, 9.17) is 29.4 Å². The molecule has 4 aliphatic rings. The smallest absolute Gasteiger partial charge is 0.169 e. The fourth-order valence-corrected chi connectivity index (χ4v) is 14.9. The first-order valence-corrected chi connectivity index (χ1v) is 36.2. The number of nitrogens with zero attached hydrogens (tertiary/aromatic N) is 10. The summed E-state index contributed by atoms with van der Waals surface area (Å²) in [6.07, 6.45) is 29.6. The average molecular weight is 1810 g/mol. The van der Waals surface area contributed by atoms with Gasteiger partial charge in [-0.3, -0.25) is 0 Å². The van der Waals surface area contributed by atoms with E-state index >= 15 is 0 Å². The largest absolute Gasteiger partial charge is 1.00 e. The Labute approximate surface area is 702 Å². The Morgan fingerprint density at radius 3 is 0.619 bits per heavy atom. The number of ether oxygens (including phenoxy) is 2. The lowest BCUT2D eigenvalue weighted by atomic mass is 10.0. The first-order chi connectivity index (χ1) is 54.0. The zero-order valence-electron chi connectivity index (χ0n) is 61.3. The number of rotatable bonds is 14. The molecule has 9 aromatic heterocycles. The topological polar surface area (TPSA) is 216 Å². The molecule has 0 fully saturated rings. The Balaban J connectivity index is 0.00000336. The SMILES string of the molecule is C[n+]1ccc(-c2c3nc(c(-c4cc[n+](C)cc4)c4ccc([nH]4)c(-c4cc[n+](C)cc4)c4nc(c(-c5ccc(OCCCOc6ccc(-c7c8nc(c(-c9ccc(C#N)cc9)c9ccc([nH]9)c(-c9ccc(C#N)cc9)c9nc(c(-c%10ccc(C#N)cc%10)c%10ccc7[nH]%10)C=C9)C=C8)cc6)cc5)c5ccc2[nH]5)C=C4)C=C3)cc1.[I-].[I-].[I-]. The summed E-state index contributed by atoms with van der Waals surface area (Å²) >= 11 is 0. The van der Waals surface area contributed by atoms with E-state index in [-0.39, 0.29) is 71.9 Å². The van der Waals surface area contributed by atoms with Gasteiger partial charge in [-0.05, 0) is 202 Å². The first kappa shape index (κ1) is 75.4. The molecule has 4 aliphatic heterocycles. The summed E-state index contributed by atoms with van der Waals surface area (Å²) in [5.74, 6) is 1.43. The maximum Gasteiger partial charge on any atom is 0.169 e. The first-order valence-electron chi connectivity index (χ1n) is 36.2. The van der Waals surface area contributed by atoms with Crippen LogP contribution in [0.1, 0.15) is 68.7 Å². The highest BCUT2D eigenvalue weighted by molar-refractivity contribution is 6.03. The zero-order chi connectivity index (χ0) is 74.3. The molecule has 0 saturated carbocycles. The third-order valence-electron chi connectivity index (χ3n) is 20.3. The van der Waals surface area contributed by atoms with E-state index in [1.165, 1.54) is 0 Å². The second kappa shape index (κ2) is 32.5. The van der Waals surface area contributed by atoms with Crippen molar-refractivity contribution in [1.82, 2.24) is 39.9 Å². The van der Waals surface area contributed by atoms with E-state index in [0.717, 1.165) is 173 Å². The van der Waals surface area contributed by atoms with Gasteiger partial charge in [-0.2, -0.15) is 15.8 Å². The van der Waals surface area contributed by atoms with Gasteiger partial charge in [0.15, 0.2) is 37.2 Å². The van der Waals surface area contributed by atoms with E-state index < -0.39 is 0 Å². The Morgan fingerprint density at radius 2 is 0.434 bits per heavy atom. The lowest BCUT2D eigenvalue weighted by Gasteiger charge is -2.10. The summed E-state index contributed by atoms with van der Waals surface area (Å²) in [5.41, 5.74) is 29.5. The van der Waals surface area contributed by atoms with E-state index in [9.17, 15) is 15.8 Å². The molecule has 0 saturated heterocycles. The summed E-state index contributed by atoms with van der Waals surface area (Å²) in [6.45, 7) is 0.822. The Morgan fingerprint density at radius 1 is 0.257 bits per heavy atom. The summed E-state index contributed by atoms with van der Waals surface area (Å²) in [6, 6.07) is 75.4. The molecule has 4 N–H and O–H groups in total. The molecule has 0 spiro atoms. The predicted octanol–water partition coefficient (Wildman–Crippen LogP) is 9.91. The molecule has 0 aliphatic carbocycles. The highest BCUT2D eigenvalue weighted by atomic mass is 127. The Bertz CT molecular complexity index is 6600. The molecule has 0 radical (unpaired) electrons. The van der Waals surface area contributed by atoms with Crippen molar-refractivity contribution in [3.8, 4) is 119 Å². The molecular formula is C94H67I3N14O2. The lowest BCUT2D eigenvalue weighted by Crippen LogP contribution is -3.00. The highest BCUT2D eigenvalue weighted by Gasteiger charge is 2.24. The van der Waals surface area contributed by atoms with Gasteiger partial charge < -0.3 is 101 Å². The minimum Gasteiger partial charge on any atom is -1.00 e. The number of pyridine rings is 3. The number of nitrogens with one attached hydrogen (secondary N) is 4. The number of hydrogen-bond acceptors (Lipinski definition) is 9. The van der Waals surface area contributed by atoms with Gasteiger partial charge in [0.2, 0.25) is 0 Å². The minimum atomic E-state index is 0.